The summed E-state index contributed by atoms with van der Waals surface area (Å²) in [6.07, 6.45) is 3.63. The zero-order chi connectivity index (χ0) is 17.0. The Labute approximate surface area is 140 Å². The van der Waals surface area contributed by atoms with Crippen molar-refractivity contribution in [3.8, 4) is 0 Å². The Morgan fingerprint density at radius 3 is 2.26 bits per heavy atom. The Morgan fingerprint density at radius 1 is 1.09 bits per heavy atom. The SMILES string of the molecule is CSc1ccc(C(=O)Nc2cnc(N(C)C)nc2N(C)C)cc1. The minimum atomic E-state index is -0.179. The van der Waals surface area contributed by atoms with Crippen LogP contribution in [0.3, 0.4) is 0 Å². The molecule has 1 N–H and O–H groups in total. The predicted molar refractivity (Wildman–Crippen MR) is 96.9 cm³/mol. The maximum absolute atomic E-state index is 12.4. The number of nitrogens with one attached hydrogen (secondary N) is 1. The molecule has 6 nitrogen and oxygen atoms in total. The third-order valence-corrected chi connectivity index (χ3v) is 3.92. The molecule has 0 unspecified atom stereocenters. The summed E-state index contributed by atoms with van der Waals surface area (Å²) in [5, 5.41) is 2.88. The standard InChI is InChI=1S/C16H21N5OS/c1-20(2)14-13(10-17-16(19-14)21(3)4)18-15(22)11-6-8-12(23-5)9-7-11/h6-10H,1-5H3,(H,18,22). The van der Waals surface area contributed by atoms with Crippen molar-refractivity contribution in [1.29, 1.82) is 0 Å². The first-order chi connectivity index (χ1) is 10.9. The van der Waals surface area contributed by atoms with Gasteiger partial charge in [0.1, 0.15) is 5.69 Å². The molecule has 1 aromatic carbocycles. The number of aromatic nitrogens is 2. The average molecular weight is 331 g/mol. The maximum Gasteiger partial charge on any atom is 0.255 e. The first-order valence-corrected chi connectivity index (χ1v) is 8.32. The molecular weight excluding hydrogens is 310 g/mol. The van der Waals surface area contributed by atoms with E-state index >= 15 is 0 Å². The van der Waals surface area contributed by atoms with Crippen molar-refractivity contribution in [3.63, 3.8) is 0 Å². The van der Waals surface area contributed by atoms with Crippen LogP contribution in [0.15, 0.2) is 35.4 Å². The lowest BCUT2D eigenvalue weighted by Crippen LogP contribution is -2.21. The molecule has 0 saturated carbocycles. The van der Waals surface area contributed by atoms with E-state index in [1.165, 1.54) is 0 Å². The number of benzene rings is 1. The molecule has 0 saturated heterocycles. The van der Waals surface area contributed by atoms with Gasteiger partial charge < -0.3 is 15.1 Å². The van der Waals surface area contributed by atoms with Crippen molar-refractivity contribution in [2.75, 3.05) is 49.6 Å². The molecule has 0 radical (unpaired) electrons. The Balaban J connectivity index is 2.25. The number of nitrogens with zero attached hydrogens (tertiary/aromatic N) is 4. The summed E-state index contributed by atoms with van der Waals surface area (Å²) in [6, 6.07) is 7.48. The summed E-state index contributed by atoms with van der Waals surface area (Å²) >= 11 is 1.64. The van der Waals surface area contributed by atoms with Gasteiger partial charge in [-0.15, -0.1) is 11.8 Å². The second kappa shape index (κ2) is 7.32. The summed E-state index contributed by atoms with van der Waals surface area (Å²) < 4.78 is 0. The predicted octanol–water partition coefficient (Wildman–Crippen LogP) is 2.58. The van der Waals surface area contributed by atoms with Crippen LogP contribution >= 0.6 is 11.8 Å². The topological polar surface area (TPSA) is 61.4 Å². The quantitative estimate of drug-likeness (QED) is 0.850. The van der Waals surface area contributed by atoms with Crippen LogP contribution in [0.1, 0.15) is 10.4 Å². The number of hydrogen-bond acceptors (Lipinski definition) is 6. The number of hydrogen-bond donors (Lipinski definition) is 1. The lowest BCUT2D eigenvalue weighted by atomic mass is 10.2. The number of thioether (sulfide) groups is 1. The molecule has 1 aromatic heterocycles. The van der Waals surface area contributed by atoms with E-state index in [0.717, 1.165) is 4.90 Å². The van der Waals surface area contributed by atoms with Crippen molar-refractivity contribution in [2.24, 2.45) is 0 Å². The third kappa shape index (κ3) is 4.13. The van der Waals surface area contributed by atoms with E-state index in [2.05, 4.69) is 15.3 Å². The number of carbonyl (C=O) groups is 1. The second-order valence-corrected chi connectivity index (χ2v) is 6.26. The van der Waals surface area contributed by atoms with Crippen molar-refractivity contribution in [3.05, 3.63) is 36.0 Å². The highest BCUT2D eigenvalue weighted by Gasteiger charge is 2.14. The van der Waals surface area contributed by atoms with Crippen LogP contribution in [-0.2, 0) is 0 Å². The van der Waals surface area contributed by atoms with Crippen LogP contribution < -0.4 is 15.1 Å². The molecule has 1 heterocycles. The number of rotatable bonds is 5. The minimum absolute atomic E-state index is 0.179. The van der Waals surface area contributed by atoms with Gasteiger partial charge in [-0.05, 0) is 30.5 Å². The highest BCUT2D eigenvalue weighted by atomic mass is 32.2. The molecule has 0 atom stereocenters. The first-order valence-electron chi connectivity index (χ1n) is 7.09. The molecule has 0 spiro atoms. The first kappa shape index (κ1) is 17.1. The summed E-state index contributed by atoms with van der Waals surface area (Å²) in [7, 11) is 7.51. The van der Waals surface area contributed by atoms with Crippen LogP contribution in [0.2, 0.25) is 0 Å². The fraction of sp³-hybridized carbons (Fsp3) is 0.312. The molecule has 2 rings (SSSR count). The fourth-order valence-electron chi connectivity index (χ4n) is 1.95. The molecule has 7 heteroatoms. The van der Waals surface area contributed by atoms with E-state index in [0.29, 0.717) is 23.0 Å². The third-order valence-electron chi connectivity index (χ3n) is 3.18. The van der Waals surface area contributed by atoms with Crippen LogP contribution in [0.25, 0.3) is 0 Å². The number of carbonyl (C=O) groups excluding carboxylic acids is 1. The molecule has 2 aromatic rings. The molecule has 122 valence electrons. The lowest BCUT2D eigenvalue weighted by Gasteiger charge is -2.19. The number of amides is 1. The zero-order valence-electron chi connectivity index (χ0n) is 14.0. The van der Waals surface area contributed by atoms with Gasteiger partial charge in [-0.3, -0.25) is 4.79 Å². The molecule has 0 bridgehead atoms. The van der Waals surface area contributed by atoms with Crippen molar-refractivity contribution in [1.82, 2.24) is 9.97 Å². The highest BCUT2D eigenvalue weighted by Crippen LogP contribution is 2.24. The monoisotopic (exact) mass is 331 g/mol. The van der Waals surface area contributed by atoms with Gasteiger partial charge in [0.25, 0.3) is 5.91 Å². The molecule has 0 aliphatic carbocycles. The van der Waals surface area contributed by atoms with E-state index in [-0.39, 0.29) is 5.91 Å². The molecule has 1 amide bonds. The molecular formula is C16H21N5OS. The Morgan fingerprint density at radius 2 is 1.74 bits per heavy atom. The van der Waals surface area contributed by atoms with Gasteiger partial charge in [0.2, 0.25) is 5.95 Å². The zero-order valence-corrected chi connectivity index (χ0v) is 14.8. The van der Waals surface area contributed by atoms with E-state index in [1.807, 2.05) is 68.5 Å². The average Bonchev–Trinajstić information content (AvgIpc) is 2.54. The largest absolute Gasteiger partial charge is 0.361 e. The van der Waals surface area contributed by atoms with Crippen molar-refractivity contribution >= 4 is 35.1 Å². The lowest BCUT2D eigenvalue weighted by molar-refractivity contribution is 0.102. The molecule has 23 heavy (non-hydrogen) atoms. The van der Waals surface area contributed by atoms with Crippen LogP contribution in [0.4, 0.5) is 17.5 Å². The van der Waals surface area contributed by atoms with E-state index < -0.39 is 0 Å². The normalized spacial score (nSPS) is 10.3. The minimum Gasteiger partial charge on any atom is -0.361 e. The van der Waals surface area contributed by atoms with Crippen molar-refractivity contribution < 1.29 is 4.79 Å². The summed E-state index contributed by atoms with van der Waals surface area (Å²) in [5.74, 6) is 1.08. The summed E-state index contributed by atoms with van der Waals surface area (Å²) in [4.78, 5) is 25.9. The second-order valence-electron chi connectivity index (χ2n) is 5.38. The van der Waals surface area contributed by atoms with Gasteiger partial charge >= 0.3 is 0 Å². The van der Waals surface area contributed by atoms with E-state index in [4.69, 9.17) is 0 Å². The van der Waals surface area contributed by atoms with Crippen LogP contribution in [0.5, 0.6) is 0 Å². The summed E-state index contributed by atoms with van der Waals surface area (Å²) in [5.41, 5.74) is 1.18. The van der Waals surface area contributed by atoms with Gasteiger partial charge in [-0.1, -0.05) is 0 Å². The smallest absolute Gasteiger partial charge is 0.255 e. The maximum atomic E-state index is 12.4. The highest BCUT2D eigenvalue weighted by molar-refractivity contribution is 7.98. The van der Waals surface area contributed by atoms with Gasteiger partial charge in [0.15, 0.2) is 5.82 Å². The molecule has 0 fully saturated rings. The van der Waals surface area contributed by atoms with Gasteiger partial charge in [-0.25, -0.2) is 4.98 Å². The van der Waals surface area contributed by atoms with Gasteiger partial charge in [-0.2, -0.15) is 4.98 Å². The number of anilines is 3. The van der Waals surface area contributed by atoms with Gasteiger partial charge in [0, 0.05) is 38.6 Å². The van der Waals surface area contributed by atoms with E-state index in [1.54, 1.807) is 18.0 Å². The van der Waals surface area contributed by atoms with Crippen LogP contribution in [0, 0.1) is 0 Å². The fourth-order valence-corrected chi connectivity index (χ4v) is 2.35. The molecule has 0 aliphatic rings. The Hall–Kier alpha value is -2.28. The Bertz CT molecular complexity index is 685. The van der Waals surface area contributed by atoms with E-state index in [9.17, 15) is 4.79 Å². The van der Waals surface area contributed by atoms with Crippen molar-refractivity contribution in [2.45, 2.75) is 4.90 Å². The molecule has 0 aliphatic heterocycles. The van der Waals surface area contributed by atoms with Gasteiger partial charge in [0.05, 0.1) is 6.20 Å². The summed E-state index contributed by atoms with van der Waals surface area (Å²) in [6.45, 7) is 0. The Kier molecular flexibility index (Phi) is 5.44. The van der Waals surface area contributed by atoms with Crippen LogP contribution in [-0.4, -0.2) is 50.3 Å².